The van der Waals surface area contributed by atoms with Crippen LogP contribution in [-0.2, 0) is 21.6 Å². The van der Waals surface area contributed by atoms with Crippen LogP contribution in [-0.4, -0.2) is 32.6 Å². The van der Waals surface area contributed by atoms with Gasteiger partial charge in [-0.2, -0.15) is 0 Å². The SMILES string of the molecule is COc1ccc(/C=C\c2ccc(OC)c(C(C)(C)C)c2S(=O)c2c(/C=C\c3ccc(OC)cc3)ccc(OC)c2C(C)(C)C)cc1. The van der Waals surface area contributed by atoms with Crippen LogP contribution in [0.25, 0.3) is 24.3 Å². The number of benzene rings is 4. The second kappa shape index (κ2) is 14.4. The summed E-state index contributed by atoms with van der Waals surface area (Å²) in [5.41, 5.74) is 4.77. The topological polar surface area (TPSA) is 54.0 Å². The predicted octanol–water partition coefficient (Wildman–Crippen LogP) is 9.82. The Morgan fingerprint density at radius 1 is 0.478 bits per heavy atom. The van der Waals surface area contributed by atoms with Gasteiger partial charge < -0.3 is 18.9 Å². The first-order valence-electron chi connectivity index (χ1n) is 15.3. The minimum absolute atomic E-state index is 0.375. The van der Waals surface area contributed by atoms with Crippen LogP contribution in [0.3, 0.4) is 0 Å². The van der Waals surface area contributed by atoms with Crippen molar-refractivity contribution < 1.29 is 23.2 Å². The Morgan fingerprint density at radius 2 is 0.826 bits per heavy atom. The van der Waals surface area contributed by atoms with E-state index >= 15 is 4.21 Å². The molecule has 46 heavy (non-hydrogen) atoms. The smallest absolute Gasteiger partial charge is 0.123 e. The van der Waals surface area contributed by atoms with E-state index in [2.05, 4.69) is 41.5 Å². The zero-order valence-corrected chi connectivity index (χ0v) is 29.5. The minimum atomic E-state index is -1.64. The van der Waals surface area contributed by atoms with Crippen molar-refractivity contribution in [2.24, 2.45) is 0 Å². The third-order valence-electron chi connectivity index (χ3n) is 7.75. The Labute approximate surface area is 277 Å². The summed E-state index contributed by atoms with van der Waals surface area (Å²) in [5, 5.41) is 0. The van der Waals surface area contributed by atoms with Crippen LogP contribution in [0.2, 0.25) is 0 Å². The molecule has 4 aromatic carbocycles. The van der Waals surface area contributed by atoms with Crippen LogP contribution in [0.5, 0.6) is 23.0 Å². The number of methoxy groups -OCH3 is 4. The first kappa shape index (κ1) is 34.6. The number of ether oxygens (including phenoxy) is 4. The highest BCUT2D eigenvalue weighted by atomic mass is 32.2. The Kier molecular flexibility index (Phi) is 10.8. The van der Waals surface area contributed by atoms with Gasteiger partial charge in [-0.05, 0) is 69.5 Å². The van der Waals surface area contributed by atoms with Gasteiger partial charge in [0.05, 0.1) is 49.0 Å². The maximum atomic E-state index is 15.4. The molecule has 0 fully saturated rings. The van der Waals surface area contributed by atoms with E-state index in [1.54, 1.807) is 28.4 Å². The van der Waals surface area contributed by atoms with E-state index in [0.717, 1.165) is 54.7 Å². The molecule has 0 aliphatic rings. The van der Waals surface area contributed by atoms with Crippen LogP contribution in [0.1, 0.15) is 74.9 Å². The predicted molar refractivity (Wildman–Crippen MR) is 192 cm³/mol. The standard InChI is InChI=1S/C40H46O5S/c1-39(2,3)35-33(44-9)25-19-29(17-11-27-13-21-31(42-7)22-14-27)37(35)46(41)38-30(18-12-28-15-23-32(43-8)24-16-28)20-26-34(45-10)36(38)40(4,5)6/h11-26H,1-10H3/b17-11-,18-12-. The molecule has 4 rings (SSSR count). The summed E-state index contributed by atoms with van der Waals surface area (Å²) in [6.07, 6.45) is 8.14. The Morgan fingerprint density at radius 3 is 1.11 bits per heavy atom. The van der Waals surface area contributed by atoms with E-state index in [0.29, 0.717) is 11.5 Å². The van der Waals surface area contributed by atoms with Gasteiger partial charge in [-0.15, -0.1) is 0 Å². The van der Waals surface area contributed by atoms with Gasteiger partial charge in [-0.1, -0.05) is 102 Å². The summed E-state index contributed by atoms with van der Waals surface area (Å²) in [6, 6.07) is 23.7. The molecule has 0 atom stereocenters. The van der Waals surface area contributed by atoms with Crippen LogP contribution in [0.15, 0.2) is 82.6 Å². The summed E-state index contributed by atoms with van der Waals surface area (Å²) in [6.45, 7) is 12.8. The Hall–Kier alpha value is -4.29. The zero-order valence-electron chi connectivity index (χ0n) is 28.7. The highest BCUT2D eigenvalue weighted by Crippen LogP contribution is 2.45. The molecule has 242 valence electrons. The molecule has 0 amide bonds. The van der Waals surface area contributed by atoms with Gasteiger partial charge in [0.1, 0.15) is 23.0 Å². The van der Waals surface area contributed by atoms with Crippen molar-refractivity contribution in [2.45, 2.75) is 62.2 Å². The van der Waals surface area contributed by atoms with Gasteiger partial charge in [0.15, 0.2) is 0 Å². The lowest BCUT2D eigenvalue weighted by Crippen LogP contribution is -2.21. The van der Waals surface area contributed by atoms with E-state index in [4.69, 9.17) is 18.9 Å². The van der Waals surface area contributed by atoms with Crippen molar-refractivity contribution >= 4 is 35.1 Å². The molecule has 4 aromatic rings. The number of hydrogen-bond acceptors (Lipinski definition) is 5. The van der Waals surface area contributed by atoms with Crippen LogP contribution in [0, 0.1) is 0 Å². The first-order chi connectivity index (χ1) is 21.8. The van der Waals surface area contributed by atoms with Crippen molar-refractivity contribution in [3.8, 4) is 23.0 Å². The fourth-order valence-electron chi connectivity index (χ4n) is 5.49. The van der Waals surface area contributed by atoms with Crippen molar-refractivity contribution in [3.05, 3.63) is 106 Å². The molecular formula is C40H46O5S. The lowest BCUT2D eigenvalue weighted by Gasteiger charge is -2.30. The largest absolute Gasteiger partial charge is 0.497 e. The van der Waals surface area contributed by atoms with E-state index < -0.39 is 10.8 Å². The van der Waals surface area contributed by atoms with Crippen LogP contribution >= 0.6 is 0 Å². The first-order valence-corrected chi connectivity index (χ1v) is 16.5. The molecule has 0 unspecified atom stereocenters. The molecule has 0 aromatic heterocycles. The van der Waals surface area contributed by atoms with E-state index in [9.17, 15) is 0 Å². The third-order valence-corrected chi connectivity index (χ3v) is 9.37. The molecular weight excluding hydrogens is 593 g/mol. The maximum absolute atomic E-state index is 15.4. The molecule has 6 heteroatoms. The average Bonchev–Trinajstić information content (AvgIpc) is 3.04. The lowest BCUT2D eigenvalue weighted by atomic mass is 9.84. The molecule has 0 aliphatic carbocycles. The molecule has 0 N–H and O–H groups in total. The molecule has 0 radical (unpaired) electrons. The summed E-state index contributed by atoms with van der Waals surface area (Å²) < 4.78 is 38.0. The Bertz CT molecular complexity index is 1610. The van der Waals surface area contributed by atoms with Gasteiger partial charge in [0.25, 0.3) is 0 Å². The van der Waals surface area contributed by atoms with Crippen molar-refractivity contribution in [1.29, 1.82) is 0 Å². The number of hydrogen-bond donors (Lipinski definition) is 0. The third kappa shape index (κ3) is 7.73. The quantitative estimate of drug-likeness (QED) is 0.162. The Balaban J connectivity index is 2.01. The molecule has 0 aliphatic heterocycles. The van der Waals surface area contributed by atoms with E-state index in [-0.39, 0.29) is 10.8 Å². The van der Waals surface area contributed by atoms with Crippen LogP contribution in [0.4, 0.5) is 0 Å². The van der Waals surface area contributed by atoms with Gasteiger partial charge >= 0.3 is 0 Å². The van der Waals surface area contributed by atoms with Gasteiger partial charge in [-0.3, -0.25) is 0 Å². The van der Waals surface area contributed by atoms with Crippen molar-refractivity contribution in [2.75, 3.05) is 28.4 Å². The highest BCUT2D eigenvalue weighted by molar-refractivity contribution is 7.85. The number of rotatable bonds is 10. The minimum Gasteiger partial charge on any atom is -0.497 e. The van der Waals surface area contributed by atoms with Crippen molar-refractivity contribution in [3.63, 3.8) is 0 Å². The molecule has 0 saturated carbocycles. The molecule has 0 bridgehead atoms. The zero-order chi connectivity index (χ0) is 33.6. The average molecular weight is 639 g/mol. The molecule has 0 heterocycles. The fourth-order valence-corrected chi connectivity index (χ4v) is 7.58. The molecule has 0 spiro atoms. The maximum Gasteiger partial charge on any atom is 0.123 e. The highest BCUT2D eigenvalue weighted by Gasteiger charge is 2.33. The monoisotopic (exact) mass is 638 g/mol. The summed E-state index contributed by atoms with van der Waals surface area (Å²) in [4.78, 5) is 1.43. The van der Waals surface area contributed by atoms with Crippen molar-refractivity contribution in [1.82, 2.24) is 0 Å². The van der Waals surface area contributed by atoms with Gasteiger partial charge in [0, 0.05) is 11.1 Å². The second-order valence-corrected chi connectivity index (χ2v) is 14.5. The summed E-state index contributed by atoms with van der Waals surface area (Å²) in [7, 11) is 5.00. The fraction of sp³-hybridized carbons (Fsp3) is 0.300. The van der Waals surface area contributed by atoms with E-state index in [1.165, 1.54) is 0 Å². The van der Waals surface area contributed by atoms with Gasteiger partial charge in [-0.25, -0.2) is 4.21 Å². The van der Waals surface area contributed by atoms with Gasteiger partial charge in [0.2, 0.25) is 0 Å². The molecule has 5 nitrogen and oxygen atoms in total. The summed E-state index contributed by atoms with van der Waals surface area (Å²) in [5.74, 6) is 2.99. The molecule has 0 saturated heterocycles. The normalized spacial score (nSPS) is 12.2. The second-order valence-electron chi connectivity index (χ2n) is 13.1. The van der Waals surface area contributed by atoms with Crippen LogP contribution < -0.4 is 18.9 Å². The van der Waals surface area contributed by atoms with E-state index in [1.807, 2.05) is 97.1 Å². The summed E-state index contributed by atoms with van der Waals surface area (Å²) >= 11 is 0. The lowest BCUT2D eigenvalue weighted by molar-refractivity contribution is 0.393.